The van der Waals surface area contributed by atoms with Crippen molar-refractivity contribution in [3.63, 3.8) is 0 Å². The Morgan fingerprint density at radius 1 is 1.06 bits per heavy atom. The van der Waals surface area contributed by atoms with E-state index < -0.39 is 0 Å². The molecule has 16 heavy (non-hydrogen) atoms. The molecule has 2 heteroatoms. The van der Waals surface area contributed by atoms with E-state index in [1.54, 1.807) is 0 Å². The third kappa shape index (κ3) is 2.78. The average Bonchev–Trinajstić information content (AvgIpc) is 2.39. The zero-order chi connectivity index (χ0) is 11.4. The van der Waals surface area contributed by atoms with Gasteiger partial charge in [0.15, 0.2) is 0 Å². The van der Waals surface area contributed by atoms with Crippen LogP contribution in [0.15, 0.2) is 0 Å². The Morgan fingerprint density at radius 3 is 2.44 bits per heavy atom. The summed E-state index contributed by atoms with van der Waals surface area (Å²) in [5, 5.41) is 3.70. The summed E-state index contributed by atoms with van der Waals surface area (Å²) in [5.74, 6) is 0. The van der Waals surface area contributed by atoms with Crippen molar-refractivity contribution in [3.8, 4) is 0 Å². The molecule has 1 saturated heterocycles. The summed E-state index contributed by atoms with van der Waals surface area (Å²) < 4.78 is 0. The van der Waals surface area contributed by atoms with Crippen LogP contribution in [0.3, 0.4) is 0 Å². The highest BCUT2D eigenvalue weighted by Gasteiger charge is 2.31. The van der Waals surface area contributed by atoms with Gasteiger partial charge in [-0.25, -0.2) is 0 Å². The van der Waals surface area contributed by atoms with E-state index in [0.717, 1.165) is 18.1 Å². The normalized spacial score (nSPS) is 34.1. The van der Waals surface area contributed by atoms with Gasteiger partial charge in [0.1, 0.15) is 0 Å². The van der Waals surface area contributed by atoms with Crippen LogP contribution < -0.4 is 5.32 Å². The number of rotatable bonds is 3. The van der Waals surface area contributed by atoms with Crippen molar-refractivity contribution in [3.05, 3.63) is 0 Å². The summed E-state index contributed by atoms with van der Waals surface area (Å²) >= 11 is 0. The molecule has 0 amide bonds. The second-order valence-corrected chi connectivity index (χ2v) is 5.56. The minimum absolute atomic E-state index is 0.740. The van der Waals surface area contributed by atoms with Gasteiger partial charge in [0, 0.05) is 31.2 Å². The number of hydrogen-bond donors (Lipinski definition) is 1. The van der Waals surface area contributed by atoms with Crippen molar-refractivity contribution in [1.82, 2.24) is 10.2 Å². The minimum Gasteiger partial charge on any atom is -0.311 e. The lowest BCUT2D eigenvalue weighted by Crippen LogP contribution is -2.59. The maximum atomic E-state index is 3.70. The second kappa shape index (κ2) is 6.02. The molecule has 0 radical (unpaired) electrons. The zero-order valence-corrected chi connectivity index (χ0v) is 11.0. The number of nitrogens with zero attached hydrogens (tertiary/aromatic N) is 1. The highest BCUT2D eigenvalue weighted by Crippen LogP contribution is 2.26. The third-order valence-corrected chi connectivity index (χ3v) is 4.55. The van der Waals surface area contributed by atoms with Gasteiger partial charge in [-0.15, -0.1) is 0 Å². The van der Waals surface area contributed by atoms with Crippen molar-refractivity contribution >= 4 is 0 Å². The van der Waals surface area contributed by atoms with Gasteiger partial charge in [0.25, 0.3) is 0 Å². The Hall–Kier alpha value is -0.0800. The fourth-order valence-corrected chi connectivity index (χ4v) is 3.40. The first-order valence-electron chi connectivity index (χ1n) is 7.34. The van der Waals surface area contributed by atoms with Gasteiger partial charge in [0.05, 0.1) is 0 Å². The summed E-state index contributed by atoms with van der Waals surface area (Å²) in [7, 11) is 0. The molecule has 1 N–H and O–H groups in total. The van der Waals surface area contributed by atoms with Gasteiger partial charge in [-0.05, 0) is 25.7 Å². The molecule has 0 aromatic rings. The standard InChI is InChI=1S/C14H28N2/c1-3-12-11-16(13(4-2)10-15-12)14-8-6-5-7-9-14/h12-15H,3-11H2,1-2H3. The van der Waals surface area contributed by atoms with Crippen LogP contribution in [0.5, 0.6) is 0 Å². The fourth-order valence-electron chi connectivity index (χ4n) is 3.40. The quantitative estimate of drug-likeness (QED) is 0.793. The topological polar surface area (TPSA) is 15.3 Å². The molecule has 0 aromatic carbocycles. The Kier molecular flexibility index (Phi) is 4.66. The van der Waals surface area contributed by atoms with Gasteiger partial charge in [-0.1, -0.05) is 33.1 Å². The summed E-state index contributed by atoms with van der Waals surface area (Å²) in [6.07, 6.45) is 9.87. The molecule has 2 nitrogen and oxygen atoms in total. The van der Waals surface area contributed by atoms with Gasteiger partial charge in [0.2, 0.25) is 0 Å². The Morgan fingerprint density at radius 2 is 1.81 bits per heavy atom. The van der Waals surface area contributed by atoms with Crippen molar-refractivity contribution in [2.24, 2.45) is 0 Å². The fraction of sp³-hybridized carbons (Fsp3) is 1.00. The lowest BCUT2D eigenvalue weighted by Gasteiger charge is -2.45. The maximum absolute atomic E-state index is 3.70. The van der Waals surface area contributed by atoms with Crippen LogP contribution in [0.4, 0.5) is 0 Å². The summed E-state index contributed by atoms with van der Waals surface area (Å²) in [6, 6.07) is 2.44. The summed E-state index contributed by atoms with van der Waals surface area (Å²) in [4.78, 5) is 2.84. The maximum Gasteiger partial charge on any atom is 0.0221 e. The van der Waals surface area contributed by atoms with E-state index in [0.29, 0.717) is 0 Å². The van der Waals surface area contributed by atoms with Crippen LogP contribution in [0.1, 0.15) is 58.8 Å². The van der Waals surface area contributed by atoms with Gasteiger partial charge in [-0.2, -0.15) is 0 Å². The molecule has 1 saturated carbocycles. The molecule has 0 spiro atoms. The summed E-state index contributed by atoms with van der Waals surface area (Å²) in [5.41, 5.74) is 0. The Bertz CT molecular complexity index is 199. The van der Waals surface area contributed by atoms with E-state index in [9.17, 15) is 0 Å². The SMILES string of the molecule is CCC1CN(C2CCCCC2)C(CC)CN1. The van der Waals surface area contributed by atoms with Crippen molar-refractivity contribution in [2.75, 3.05) is 13.1 Å². The highest BCUT2D eigenvalue weighted by molar-refractivity contribution is 4.89. The molecular formula is C14H28N2. The van der Waals surface area contributed by atoms with Crippen molar-refractivity contribution in [1.29, 1.82) is 0 Å². The molecule has 2 atom stereocenters. The summed E-state index contributed by atoms with van der Waals surface area (Å²) in [6.45, 7) is 7.16. The largest absolute Gasteiger partial charge is 0.311 e. The first-order chi connectivity index (χ1) is 7.85. The van der Waals surface area contributed by atoms with E-state index in [1.165, 1.54) is 58.0 Å². The number of piperazine rings is 1. The van der Waals surface area contributed by atoms with Crippen LogP contribution >= 0.6 is 0 Å². The van der Waals surface area contributed by atoms with Crippen LogP contribution in [0.2, 0.25) is 0 Å². The predicted octanol–water partition coefficient (Wildman–Crippen LogP) is 2.78. The highest BCUT2D eigenvalue weighted by atomic mass is 15.3. The van der Waals surface area contributed by atoms with Gasteiger partial charge >= 0.3 is 0 Å². The van der Waals surface area contributed by atoms with E-state index in [4.69, 9.17) is 0 Å². The van der Waals surface area contributed by atoms with Gasteiger partial charge in [-0.3, -0.25) is 4.90 Å². The molecule has 1 aliphatic carbocycles. The lowest BCUT2D eigenvalue weighted by molar-refractivity contribution is 0.0588. The predicted molar refractivity (Wildman–Crippen MR) is 69.7 cm³/mol. The lowest BCUT2D eigenvalue weighted by atomic mass is 9.91. The molecule has 1 aliphatic heterocycles. The van der Waals surface area contributed by atoms with Crippen LogP contribution in [0.25, 0.3) is 0 Å². The average molecular weight is 224 g/mol. The number of hydrogen-bond acceptors (Lipinski definition) is 2. The van der Waals surface area contributed by atoms with Gasteiger partial charge < -0.3 is 5.32 Å². The molecule has 94 valence electrons. The molecule has 2 fully saturated rings. The minimum atomic E-state index is 0.740. The first-order valence-corrected chi connectivity index (χ1v) is 7.34. The number of nitrogens with one attached hydrogen (secondary N) is 1. The molecule has 1 heterocycles. The zero-order valence-electron chi connectivity index (χ0n) is 11.0. The Labute approximate surface area is 101 Å². The molecule has 2 aliphatic rings. The molecule has 0 aromatic heterocycles. The van der Waals surface area contributed by atoms with Crippen LogP contribution in [-0.2, 0) is 0 Å². The smallest absolute Gasteiger partial charge is 0.0221 e. The van der Waals surface area contributed by atoms with E-state index >= 15 is 0 Å². The van der Waals surface area contributed by atoms with Crippen LogP contribution in [-0.4, -0.2) is 36.1 Å². The second-order valence-electron chi connectivity index (χ2n) is 5.56. The molecule has 0 bridgehead atoms. The van der Waals surface area contributed by atoms with Crippen LogP contribution in [0, 0.1) is 0 Å². The van der Waals surface area contributed by atoms with Crippen molar-refractivity contribution in [2.45, 2.75) is 76.9 Å². The molecule has 2 unspecified atom stereocenters. The third-order valence-electron chi connectivity index (χ3n) is 4.55. The van der Waals surface area contributed by atoms with E-state index in [-0.39, 0.29) is 0 Å². The van der Waals surface area contributed by atoms with E-state index in [2.05, 4.69) is 24.1 Å². The first kappa shape index (κ1) is 12.4. The Balaban J connectivity index is 1.95. The molecule has 2 rings (SSSR count). The molecular weight excluding hydrogens is 196 g/mol. The van der Waals surface area contributed by atoms with E-state index in [1.807, 2.05) is 0 Å². The van der Waals surface area contributed by atoms with Crippen molar-refractivity contribution < 1.29 is 0 Å². The monoisotopic (exact) mass is 224 g/mol.